The summed E-state index contributed by atoms with van der Waals surface area (Å²) in [6.07, 6.45) is 3.76. The van der Waals surface area contributed by atoms with E-state index in [1.165, 1.54) is 0 Å². The molecule has 1 N–H and O–H groups in total. The highest BCUT2D eigenvalue weighted by Gasteiger charge is 2.28. The van der Waals surface area contributed by atoms with Crippen molar-refractivity contribution >= 4 is 17.5 Å². The van der Waals surface area contributed by atoms with E-state index in [9.17, 15) is 4.79 Å². The van der Waals surface area contributed by atoms with E-state index in [-0.39, 0.29) is 11.8 Å². The van der Waals surface area contributed by atoms with Crippen LogP contribution in [0.3, 0.4) is 0 Å². The predicted molar refractivity (Wildman–Crippen MR) is 114 cm³/mol. The Hall–Kier alpha value is -3.29. The average Bonchev–Trinajstić information content (AvgIpc) is 3.22. The lowest BCUT2D eigenvalue weighted by Gasteiger charge is -2.32. The highest BCUT2D eigenvalue weighted by atomic mass is 16.5. The van der Waals surface area contributed by atoms with Gasteiger partial charge in [-0.05, 0) is 49.6 Å². The molecule has 3 heterocycles. The van der Waals surface area contributed by atoms with Gasteiger partial charge in [-0.15, -0.1) is 10.2 Å². The fourth-order valence-corrected chi connectivity index (χ4v) is 3.85. The minimum absolute atomic E-state index is 0.0577. The molecule has 3 aromatic rings. The zero-order valence-corrected chi connectivity index (χ0v) is 17.4. The summed E-state index contributed by atoms with van der Waals surface area (Å²) in [6, 6.07) is 11.5. The van der Waals surface area contributed by atoms with Crippen molar-refractivity contribution in [1.29, 1.82) is 0 Å². The summed E-state index contributed by atoms with van der Waals surface area (Å²) >= 11 is 0. The average molecular weight is 409 g/mol. The van der Waals surface area contributed by atoms with Gasteiger partial charge in [-0.3, -0.25) is 9.20 Å². The summed E-state index contributed by atoms with van der Waals surface area (Å²) in [6.45, 7) is 4.44. The minimum atomic E-state index is -0.0839. The van der Waals surface area contributed by atoms with Crippen molar-refractivity contribution < 1.29 is 14.3 Å². The monoisotopic (exact) mass is 409 g/mol. The number of ether oxygens (including phenoxy) is 2. The number of benzene rings is 1. The first-order valence-corrected chi connectivity index (χ1v) is 10.3. The number of amides is 1. The number of hydrogen-bond donors (Lipinski definition) is 1. The Morgan fingerprint density at radius 3 is 2.97 bits per heavy atom. The van der Waals surface area contributed by atoms with Crippen LogP contribution in [-0.2, 0) is 11.3 Å². The van der Waals surface area contributed by atoms with Gasteiger partial charge in [-0.1, -0.05) is 12.1 Å². The number of nitrogens with zero attached hydrogens (tertiary/aromatic N) is 4. The largest absolute Gasteiger partial charge is 0.493 e. The molecule has 2 aromatic heterocycles. The third kappa shape index (κ3) is 4.17. The quantitative estimate of drug-likeness (QED) is 0.646. The van der Waals surface area contributed by atoms with Crippen molar-refractivity contribution in [2.24, 2.45) is 5.92 Å². The van der Waals surface area contributed by atoms with Gasteiger partial charge in [0.1, 0.15) is 0 Å². The highest BCUT2D eigenvalue weighted by molar-refractivity contribution is 5.79. The normalized spacial score (nSPS) is 16.5. The molecule has 1 saturated heterocycles. The summed E-state index contributed by atoms with van der Waals surface area (Å²) in [4.78, 5) is 15.0. The van der Waals surface area contributed by atoms with Crippen LogP contribution in [0.25, 0.3) is 5.65 Å². The second-order valence-corrected chi connectivity index (χ2v) is 7.35. The molecule has 0 unspecified atom stereocenters. The van der Waals surface area contributed by atoms with Crippen molar-refractivity contribution in [3.8, 4) is 11.5 Å². The van der Waals surface area contributed by atoms with Crippen LogP contribution in [0.15, 0.2) is 42.6 Å². The van der Waals surface area contributed by atoms with Crippen LogP contribution in [0.5, 0.6) is 11.5 Å². The third-order valence-corrected chi connectivity index (χ3v) is 5.37. The van der Waals surface area contributed by atoms with E-state index in [1.807, 2.05) is 53.9 Å². The molecule has 1 amide bonds. The van der Waals surface area contributed by atoms with E-state index >= 15 is 0 Å². The summed E-state index contributed by atoms with van der Waals surface area (Å²) in [5.74, 6) is 2.14. The van der Waals surface area contributed by atoms with Crippen LogP contribution >= 0.6 is 0 Å². The number of aromatic nitrogens is 3. The number of carbonyl (C=O) groups excluding carboxylic acids is 1. The van der Waals surface area contributed by atoms with Crippen molar-refractivity contribution in [3.63, 3.8) is 0 Å². The maximum atomic E-state index is 12.8. The van der Waals surface area contributed by atoms with Crippen LogP contribution in [0.2, 0.25) is 0 Å². The van der Waals surface area contributed by atoms with E-state index in [0.717, 1.165) is 36.5 Å². The number of nitrogens with one attached hydrogen (secondary N) is 1. The maximum Gasteiger partial charge on any atom is 0.231 e. The van der Waals surface area contributed by atoms with Crippen molar-refractivity contribution in [1.82, 2.24) is 19.9 Å². The molecular weight excluding hydrogens is 382 g/mol. The first-order valence-electron chi connectivity index (χ1n) is 10.3. The minimum Gasteiger partial charge on any atom is -0.493 e. The van der Waals surface area contributed by atoms with Gasteiger partial charge in [-0.25, -0.2) is 0 Å². The number of carbonyl (C=O) groups is 1. The number of fused-ring (bicyclic) bond motifs is 1. The third-order valence-electron chi connectivity index (χ3n) is 5.37. The standard InChI is InChI=1S/C22H27N5O3/c1-3-30-19-13-16(9-10-18(19)29-2)14-23-21(28)17-7-6-11-26(15-17)22-25-24-20-8-4-5-12-27(20)22/h4-5,8-10,12-13,17H,3,6-7,11,14-15H2,1-2H3,(H,23,28)/t17-/m0/s1. The van der Waals surface area contributed by atoms with E-state index in [2.05, 4.69) is 20.4 Å². The first-order chi connectivity index (χ1) is 14.7. The van der Waals surface area contributed by atoms with E-state index in [4.69, 9.17) is 9.47 Å². The van der Waals surface area contributed by atoms with Gasteiger partial charge in [0, 0.05) is 25.8 Å². The van der Waals surface area contributed by atoms with Crippen LogP contribution in [0.4, 0.5) is 5.95 Å². The highest BCUT2D eigenvalue weighted by Crippen LogP contribution is 2.28. The fourth-order valence-electron chi connectivity index (χ4n) is 3.85. The summed E-state index contributed by atoms with van der Waals surface area (Å²) in [5.41, 5.74) is 1.78. The molecule has 0 saturated carbocycles. The molecule has 0 aliphatic carbocycles. The van der Waals surface area contributed by atoms with Gasteiger partial charge in [-0.2, -0.15) is 0 Å². The Labute approximate surface area is 175 Å². The molecule has 8 heteroatoms. The second kappa shape index (κ2) is 9.02. The van der Waals surface area contributed by atoms with Gasteiger partial charge in [0.25, 0.3) is 0 Å². The zero-order valence-electron chi connectivity index (χ0n) is 17.4. The van der Waals surface area contributed by atoms with Crippen LogP contribution in [0.1, 0.15) is 25.3 Å². The molecule has 158 valence electrons. The molecular formula is C22H27N5O3. The van der Waals surface area contributed by atoms with Gasteiger partial charge in [0.05, 0.1) is 19.6 Å². The maximum absolute atomic E-state index is 12.8. The number of rotatable bonds is 7. The molecule has 1 aromatic carbocycles. The molecule has 1 aliphatic heterocycles. The van der Waals surface area contributed by atoms with Crippen molar-refractivity contribution in [2.75, 3.05) is 31.7 Å². The predicted octanol–water partition coefficient (Wildman–Crippen LogP) is 2.67. The molecule has 0 radical (unpaired) electrons. The number of pyridine rings is 1. The van der Waals surface area contributed by atoms with Crippen molar-refractivity contribution in [2.45, 2.75) is 26.3 Å². The Balaban J connectivity index is 1.39. The zero-order chi connectivity index (χ0) is 20.9. The van der Waals surface area contributed by atoms with E-state index in [0.29, 0.717) is 31.2 Å². The molecule has 1 fully saturated rings. The number of anilines is 1. The lowest BCUT2D eigenvalue weighted by Crippen LogP contribution is -2.43. The fraction of sp³-hybridized carbons (Fsp3) is 0.409. The molecule has 1 atom stereocenters. The van der Waals surface area contributed by atoms with Crippen molar-refractivity contribution in [3.05, 3.63) is 48.2 Å². The van der Waals surface area contributed by atoms with Gasteiger partial charge >= 0.3 is 0 Å². The second-order valence-electron chi connectivity index (χ2n) is 7.35. The molecule has 4 rings (SSSR count). The van der Waals surface area contributed by atoms with Crippen LogP contribution < -0.4 is 19.7 Å². The molecule has 8 nitrogen and oxygen atoms in total. The molecule has 1 aliphatic rings. The van der Waals surface area contributed by atoms with Gasteiger partial charge in [0.15, 0.2) is 17.1 Å². The number of hydrogen-bond acceptors (Lipinski definition) is 6. The van der Waals surface area contributed by atoms with Crippen LogP contribution in [0, 0.1) is 5.92 Å². The Bertz CT molecular complexity index is 1020. The lowest BCUT2D eigenvalue weighted by atomic mass is 9.97. The first kappa shape index (κ1) is 20.0. The topological polar surface area (TPSA) is 81.0 Å². The van der Waals surface area contributed by atoms with E-state index in [1.54, 1.807) is 7.11 Å². The summed E-state index contributed by atoms with van der Waals surface area (Å²) in [5, 5.41) is 11.6. The summed E-state index contributed by atoms with van der Waals surface area (Å²) in [7, 11) is 1.62. The molecule has 0 spiro atoms. The smallest absolute Gasteiger partial charge is 0.231 e. The number of piperidine rings is 1. The SMILES string of the molecule is CCOc1cc(CNC(=O)[C@H]2CCCN(c3nnc4ccccn34)C2)ccc1OC. The Kier molecular flexibility index (Phi) is 6.02. The summed E-state index contributed by atoms with van der Waals surface area (Å²) < 4.78 is 12.9. The number of methoxy groups -OCH3 is 1. The van der Waals surface area contributed by atoms with Gasteiger partial charge < -0.3 is 19.7 Å². The van der Waals surface area contributed by atoms with Crippen LogP contribution in [-0.4, -0.2) is 47.3 Å². The molecule has 0 bridgehead atoms. The van der Waals surface area contributed by atoms with Gasteiger partial charge in [0.2, 0.25) is 11.9 Å². The lowest BCUT2D eigenvalue weighted by molar-refractivity contribution is -0.125. The molecule has 30 heavy (non-hydrogen) atoms. The van der Waals surface area contributed by atoms with E-state index < -0.39 is 0 Å². The Morgan fingerprint density at radius 1 is 1.23 bits per heavy atom. The Morgan fingerprint density at radius 2 is 2.13 bits per heavy atom.